The lowest BCUT2D eigenvalue weighted by Gasteiger charge is -2.15. The largest absolute Gasteiger partial charge is 0.478 e. The summed E-state index contributed by atoms with van der Waals surface area (Å²) in [5, 5.41) is 9.11. The second-order valence-corrected chi connectivity index (χ2v) is 6.05. The second kappa shape index (κ2) is 7.73. The number of aromatic carboxylic acids is 1. The van der Waals surface area contributed by atoms with Gasteiger partial charge in [0, 0.05) is 13.0 Å². The average molecular weight is 371 g/mol. The van der Waals surface area contributed by atoms with Crippen molar-refractivity contribution in [1.29, 1.82) is 0 Å². The second-order valence-electron chi connectivity index (χ2n) is 6.05. The number of benzene rings is 1. The van der Waals surface area contributed by atoms with E-state index in [0.29, 0.717) is 5.76 Å². The molecule has 3 rings (SSSR count). The van der Waals surface area contributed by atoms with Gasteiger partial charge < -0.3 is 14.4 Å². The third-order valence-corrected chi connectivity index (χ3v) is 4.21. The Labute approximate surface area is 153 Å². The molecule has 1 aromatic heterocycles. The van der Waals surface area contributed by atoms with Gasteiger partial charge in [-0.1, -0.05) is 12.1 Å². The highest BCUT2D eigenvalue weighted by molar-refractivity contribution is 6.05. The first-order chi connectivity index (χ1) is 13.0. The van der Waals surface area contributed by atoms with Crippen molar-refractivity contribution in [2.75, 3.05) is 6.54 Å². The molecule has 9 nitrogen and oxygen atoms in total. The summed E-state index contributed by atoms with van der Waals surface area (Å²) in [6, 6.07) is 9.10. The predicted octanol–water partition coefficient (Wildman–Crippen LogP) is 0.787. The van der Waals surface area contributed by atoms with Gasteiger partial charge in [0.25, 0.3) is 5.91 Å². The molecule has 2 heterocycles. The van der Waals surface area contributed by atoms with E-state index in [9.17, 15) is 19.2 Å². The van der Waals surface area contributed by atoms with Crippen LogP contribution in [0, 0.1) is 5.92 Å². The molecule has 3 N–H and O–H groups in total. The summed E-state index contributed by atoms with van der Waals surface area (Å²) >= 11 is 0. The van der Waals surface area contributed by atoms with E-state index in [4.69, 9.17) is 9.52 Å². The van der Waals surface area contributed by atoms with Crippen molar-refractivity contribution in [3.63, 3.8) is 0 Å². The van der Waals surface area contributed by atoms with Crippen LogP contribution >= 0.6 is 0 Å². The standard InChI is InChI=1S/C18H17N3O6/c22-15-8-11(9-21(15)10-12-4-3-7-27-12)16(23)19-20-17(24)13-5-1-2-6-14(13)18(25)26/h1-7,11H,8-10H2,(H,19,23)(H,20,24)(H,25,26). The van der Waals surface area contributed by atoms with E-state index in [1.54, 1.807) is 12.1 Å². The number of carboxylic acid groups (broad SMARTS) is 1. The van der Waals surface area contributed by atoms with E-state index in [0.717, 1.165) is 0 Å². The monoisotopic (exact) mass is 371 g/mol. The Morgan fingerprint density at radius 1 is 1.11 bits per heavy atom. The average Bonchev–Trinajstić information content (AvgIpc) is 3.30. The fourth-order valence-electron chi connectivity index (χ4n) is 2.85. The van der Waals surface area contributed by atoms with Gasteiger partial charge in [-0.25, -0.2) is 4.79 Å². The van der Waals surface area contributed by atoms with Gasteiger partial charge in [0.15, 0.2) is 0 Å². The van der Waals surface area contributed by atoms with Gasteiger partial charge >= 0.3 is 5.97 Å². The summed E-state index contributed by atoms with van der Waals surface area (Å²) in [6.07, 6.45) is 1.53. The first kappa shape index (κ1) is 18.2. The lowest BCUT2D eigenvalue weighted by Crippen LogP contribution is -2.45. The summed E-state index contributed by atoms with van der Waals surface area (Å²) < 4.78 is 5.20. The highest BCUT2D eigenvalue weighted by Crippen LogP contribution is 2.20. The van der Waals surface area contributed by atoms with Gasteiger partial charge in [0.2, 0.25) is 11.8 Å². The van der Waals surface area contributed by atoms with Crippen LogP contribution in [-0.4, -0.2) is 40.2 Å². The number of carbonyl (C=O) groups excluding carboxylic acids is 3. The van der Waals surface area contributed by atoms with Crippen molar-refractivity contribution in [2.45, 2.75) is 13.0 Å². The number of furan rings is 1. The zero-order valence-electron chi connectivity index (χ0n) is 14.2. The fraction of sp³-hybridized carbons (Fsp3) is 0.222. The first-order valence-electron chi connectivity index (χ1n) is 8.18. The molecule has 0 spiro atoms. The zero-order chi connectivity index (χ0) is 19.4. The Morgan fingerprint density at radius 3 is 2.52 bits per heavy atom. The Morgan fingerprint density at radius 2 is 1.85 bits per heavy atom. The Balaban J connectivity index is 1.56. The van der Waals surface area contributed by atoms with E-state index in [1.165, 1.54) is 35.4 Å². The molecule has 1 atom stereocenters. The van der Waals surface area contributed by atoms with Crippen LogP contribution in [0.15, 0.2) is 47.1 Å². The molecule has 140 valence electrons. The van der Waals surface area contributed by atoms with Gasteiger partial charge in [-0.05, 0) is 24.3 Å². The lowest BCUT2D eigenvalue weighted by molar-refractivity contribution is -0.129. The number of rotatable bonds is 5. The Kier molecular flexibility index (Phi) is 5.20. The fourth-order valence-corrected chi connectivity index (χ4v) is 2.85. The number of nitrogens with zero attached hydrogens (tertiary/aromatic N) is 1. The van der Waals surface area contributed by atoms with E-state index in [2.05, 4.69) is 10.9 Å². The summed E-state index contributed by atoms with van der Waals surface area (Å²) in [4.78, 5) is 49.1. The van der Waals surface area contributed by atoms with Gasteiger partial charge in [0.1, 0.15) is 5.76 Å². The molecule has 1 fully saturated rings. The summed E-state index contributed by atoms with van der Waals surface area (Å²) in [5.74, 6) is -2.72. The van der Waals surface area contributed by atoms with Crippen LogP contribution in [0.5, 0.6) is 0 Å². The lowest BCUT2D eigenvalue weighted by atomic mass is 10.1. The van der Waals surface area contributed by atoms with Crippen LogP contribution in [0.2, 0.25) is 0 Å². The summed E-state index contributed by atoms with van der Waals surface area (Å²) in [6.45, 7) is 0.473. The molecule has 1 aliphatic heterocycles. The SMILES string of the molecule is O=C(O)c1ccccc1C(=O)NNC(=O)C1CC(=O)N(Cc2ccco2)C1. The first-order valence-corrected chi connectivity index (χ1v) is 8.18. The molecule has 27 heavy (non-hydrogen) atoms. The molecular formula is C18H17N3O6. The molecule has 1 aliphatic rings. The topological polar surface area (TPSA) is 129 Å². The molecule has 3 amide bonds. The van der Waals surface area contributed by atoms with E-state index < -0.39 is 23.7 Å². The van der Waals surface area contributed by atoms with Crippen molar-refractivity contribution in [1.82, 2.24) is 15.8 Å². The normalized spacial score (nSPS) is 16.2. The van der Waals surface area contributed by atoms with Crippen LogP contribution < -0.4 is 10.9 Å². The molecule has 0 aliphatic carbocycles. The highest BCUT2D eigenvalue weighted by atomic mass is 16.4. The maximum absolute atomic E-state index is 12.2. The Hall–Kier alpha value is -3.62. The number of likely N-dealkylation sites (tertiary alicyclic amines) is 1. The van der Waals surface area contributed by atoms with E-state index >= 15 is 0 Å². The number of carbonyl (C=O) groups is 4. The van der Waals surface area contributed by atoms with Crippen LogP contribution in [0.4, 0.5) is 0 Å². The summed E-state index contributed by atoms with van der Waals surface area (Å²) in [5.41, 5.74) is 4.20. The van der Waals surface area contributed by atoms with Crippen molar-refractivity contribution in [2.24, 2.45) is 5.92 Å². The molecule has 1 aromatic carbocycles. The molecule has 0 radical (unpaired) electrons. The van der Waals surface area contributed by atoms with Gasteiger partial charge in [0.05, 0.1) is 29.9 Å². The quantitative estimate of drug-likeness (QED) is 0.667. The number of hydrogen-bond acceptors (Lipinski definition) is 5. The van der Waals surface area contributed by atoms with Gasteiger partial charge in [-0.3, -0.25) is 25.2 Å². The minimum atomic E-state index is -1.25. The highest BCUT2D eigenvalue weighted by Gasteiger charge is 2.34. The summed E-state index contributed by atoms with van der Waals surface area (Å²) in [7, 11) is 0. The molecule has 0 saturated carbocycles. The molecule has 1 unspecified atom stereocenters. The maximum Gasteiger partial charge on any atom is 0.336 e. The molecule has 0 bridgehead atoms. The number of carboxylic acids is 1. The van der Waals surface area contributed by atoms with Crippen LogP contribution in [0.25, 0.3) is 0 Å². The van der Waals surface area contributed by atoms with Crippen molar-refractivity contribution in [3.05, 3.63) is 59.5 Å². The molecular weight excluding hydrogens is 354 g/mol. The molecule has 2 aromatic rings. The maximum atomic E-state index is 12.2. The minimum absolute atomic E-state index is 0.0219. The minimum Gasteiger partial charge on any atom is -0.478 e. The van der Waals surface area contributed by atoms with Crippen LogP contribution in [0.1, 0.15) is 32.9 Å². The van der Waals surface area contributed by atoms with Crippen LogP contribution in [0.3, 0.4) is 0 Å². The zero-order valence-corrected chi connectivity index (χ0v) is 14.2. The van der Waals surface area contributed by atoms with Crippen molar-refractivity contribution < 1.29 is 28.7 Å². The van der Waals surface area contributed by atoms with E-state index in [1.807, 2.05) is 0 Å². The number of hydrogen-bond donors (Lipinski definition) is 3. The Bertz CT molecular complexity index is 877. The van der Waals surface area contributed by atoms with Crippen LogP contribution in [-0.2, 0) is 16.1 Å². The number of nitrogens with one attached hydrogen (secondary N) is 2. The third-order valence-electron chi connectivity index (χ3n) is 4.21. The van der Waals surface area contributed by atoms with E-state index in [-0.39, 0.29) is 36.5 Å². The molecule has 9 heteroatoms. The van der Waals surface area contributed by atoms with Crippen molar-refractivity contribution in [3.8, 4) is 0 Å². The van der Waals surface area contributed by atoms with Gasteiger partial charge in [-0.15, -0.1) is 0 Å². The number of hydrazine groups is 1. The number of amides is 3. The van der Waals surface area contributed by atoms with Gasteiger partial charge in [-0.2, -0.15) is 0 Å². The predicted molar refractivity (Wildman–Crippen MR) is 91.2 cm³/mol. The smallest absolute Gasteiger partial charge is 0.336 e. The van der Waals surface area contributed by atoms with Crippen molar-refractivity contribution >= 4 is 23.7 Å². The third kappa shape index (κ3) is 4.14. The molecule has 1 saturated heterocycles.